The summed E-state index contributed by atoms with van der Waals surface area (Å²) in [5.41, 5.74) is 3.31. The predicted molar refractivity (Wildman–Crippen MR) is 111 cm³/mol. The van der Waals surface area contributed by atoms with Gasteiger partial charge >= 0.3 is 5.97 Å². The van der Waals surface area contributed by atoms with Crippen LogP contribution < -0.4 is 4.90 Å². The molecule has 0 saturated heterocycles. The van der Waals surface area contributed by atoms with Crippen molar-refractivity contribution in [1.82, 2.24) is 0 Å². The van der Waals surface area contributed by atoms with Crippen molar-refractivity contribution in [3.8, 4) is 5.75 Å². The van der Waals surface area contributed by atoms with Crippen molar-refractivity contribution in [1.29, 1.82) is 0 Å². The molecular formula is C21H26N2O3S. The number of nitrogens with zero attached hydrogens (tertiary/aromatic N) is 2. The van der Waals surface area contributed by atoms with Crippen LogP contribution in [0.3, 0.4) is 0 Å². The number of aromatic hydroxyl groups is 1. The third-order valence-corrected chi connectivity index (χ3v) is 6.05. The highest BCUT2D eigenvalue weighted by Crippen LogP contribution is 2.41. The number of phenols is 1. The second-order valence-corrected chi connectivity index (χ2v) is 7.52. The Morgan fingerprint density at radius 3 is 2.74 bits per heavy atom. The number of benzene rings is 1. The maximum atomic E-state index is 12.4. The van der Waals surface area contributed by atoms with Gasteiger partial charge in [-0.2, -0.15) is 0 Å². The van der Waals surface area contributed by atoms with Crippen molar-refractivity contribution in [3.63, 3.8) is 0 Å². The summed E-state index contributed by atoms with van der Waals surface area (Å²) in [7, 11) is 0. The van der Waals surface area contributed by atoms with E-state index in [-0.39, 0.29) is 11.7 Å². The van der Waals surface area contributed by atoms with E-state index in [1.165, 1.54) is 4.88 Å². The molecule has 6 heteroatoms. The van der Waals surface area contributed by atoms with Crippen molar-refractivity contribution in [2.75, 3.05) is 24.6 Å². The van der Waals surface area contributed by atoms with Crippen LogP contribution in [0.1, 0.15) is 53.6 Å². The molecule has 0 saturated carbocycles. The van der Waals surface area contributed by atoms with Gasteiger partial charge in [-0.1, -0.05) is 0 Å². The standard InChI is InChI=1S/C21H26N2O3S/c1-4-23(5-2)15-11-10-14(17(24)12-15)13-22-20-19(21(25)26-6-3)16-8-7-9-18(16)27-20/h10-13,24H,4-9H2,1-3H3/b22-13+. The van der Waals surface area contributed by atoms with E-state index in [0.717, 1.165) is 43.6 Å². The zero-order valence-electron chi connectivity index (χ0n) is 16.1. The Bertz CT molecular complexity index is 853. The maximum Gasteiger partial charge on any atom is 0.341 e. The molecule has 1 aromatic carbocycles. The Morgan fingerprint density at radius 1 is 1.30 bits per heavy atom. The lowest BCUT2D eigenvalue weighted by atomic mass is 10.1. The van der Waals surface area contributed by atoms with Gasteiger partial charge in [0.15, 0.2) is 0 Å². The van der Waals surface area contributed by atoms with Gasteiger partial charge < -0.3 is 14.7 Å². The number of ether oxygens (including phenoxy) is 1. The largest absolute Gasteiger partial charge is 0.507 e. The first kappa shape index (κ1) is 19.4. The minimum absolute atomic E-state index is 0.185. The number of phenolic OH excluding ortho intramolecular Hbond substituents is 1. The molecule has 0 spiro atoms. The van der Waals surface area contributed by atoms with Gasteiger partial charge in [-0.3, -0.25) is 0 Å². The first-order valence-corrected chi connectivity index (χ1v) is 10.3. The molecule has 1 heterocycles. The van der Waals surface area contributed by atoms with Gasteiger partial charge in [-0.25, -0.2) is 9.79 Å². The van der Waals surface area contributed by atoms with Crippen molar-refractivity contribution < 1.29 is 14.6 Å². The molecule has 0 bridgehead atoms. The predicted octanol–water partition coefficient (Wildman–Crippen LogP) is 4.72. The van der Waals surface area contributed by atoms with Crippen LogP contribution in [0.5, 0.6) is 5.75 Å². The zero-order valence-corrected chi connectivity index (χ0v) is 16.9. The Kier molecular flexibility index (Phi) is 6.16. The van der Waals surface area contributed by atoms with Gasteiger partial charge in [-0.15, -0.1) is 11.3 Å². The SMILES string of the molecule is CCOC(=O)c1c(/N=C/c2ccc(N(CC)CC)cc2O)sc2c1CCC2. The summed E-state index contributed by atoms with van der Waals surface area (Å²) in [5.74, 6) is -0.116. The van der Waals surface area contributed by atoms with Crippen LogP contribution in [0.4, 0.5) is 10.7 Å². The number of aryl methyl sites for hydroxylation is 1. The first-order chi connectivity index (χ1) is 13.1. The molecule has 27 heavy (non-hydrogen) atoms. The number of hydrogen-bond acceptors (Lipinski definition) is 6. The molecule has 0 fully saturated rings. The van der Waals surface area contributed by atoms with Crippen LogP contribution in [0.2, 0.25) is 0 Å². The van der Waals surface area contributed by atoms with Crippen LogP contribution in [0.15, 0.2) is 23.2 Å². The van der Waals surface area contributed by atoms with Crippen LogP contribution in [0, 0.1) is 0 Å². The van der Waals surface area contributed by atoms with E-state index in [9.17, 15) is 9.90 Å². The number of fused-ring (bicyclic) bond motifs is 1. The van der Waals surface area contributed by atoms with Crippen LogP contribution in [-0.4, -0.2) is 37.0 Å². The lowest BCUT2D eigenvalue weighted by molar-refractivity contribution is 0.0527. The first-order valence-electron chi connectivity index (χ1n) is 9.52. The summed E-state index contributed by atoms with van der Waals surface area (Å²) in [5, 5.41) is 11.1. The number of hydrogen-bond donors (Lipinski definition) is 1. The smallest absolute Gasteiger partial charge is 0.341 e. The molecular weight excluding hydrogens is 360 g/mol. The number of thiophene rings is 1. The van der Waals surface area contributed by atoms with Crippen molar-refractivity contribution in [3.05, 3.63) is 39.8 Å². The summed E-state index contributed by atoms with van der Waals surface area (Å²) < 4.78 is 5.23. The van der Waals surface area contributed by atoms with Gasteiger partial charge in [0, 0.05) is 41.5 Å². The molecule has 0 amide bonds. The Labute approximate surface area is 164 Å². The summed E-state index contributed by atoms with van der Waals surface area (Å²) in [6.07, 6.45) is 4.60. The van der Waals surface area contributed by atoms with Gasteiger partial charge in [-0.05, 0) is 57.7 Å². The molecule has 0 aliphatic heterocycles. The fourth-order valence-corrected chi connectivity index (χ4v) is 4.67. The summed E-state index contributed by atoms with van der Waals surface area (Å²) in [6, 6.07) is 5.60. The van der Waals surface area contributed by atoms with Gasteiger partial charge in [0.1, 0.15) is 10.8 Å². The number of carbonyl (C=O) groups excluding carboxylic acids is 1. The molecule has 1 N–H and O–H groups in total. The van der Waals surface area contributed by atoms with Gasteiger partial charge in [0.2, 0.25) is 0 Å². The highest BCUT2D eigenvalue weighted by atomic mass is 32.1. The summed E-state index contributed by atoms with van der Waals surface area (Å²) in [4.78, 5) is 20.3. The topological polar surface area (TPSA) is 62.1 Å². The minimum Gasteiger partial charge on any atom is -0.507 e. The number of aliphatic imine (C=N–C) groups is 1. The van der Waals surface area contributed by atoms with E-state index >= 15 is 0 Å². The average Bonchev–Trinajstić information content (AvgIpc) is 3.22. The molecule has 1 aliphatic carbocycles. The zero-order chi connectivity index (χ0) is 19.4. The summed E-state index contributed by atoms with van der Waals surface area (Å²) >= 11 is 1.55. The van der Waals surface area contributed by atoms with Crippen molar-refractivity contribution >= 4 is 34.2 Å². The van der Waals surface area contributed by atoms with Crippen molar-refractivity contribution in [2.24, 2.45) is 4.99 Å². The number of rotatable bonds is 7. The van der Waals surface area contributed by atoms with Crippen LogP contribution in [0.25, 0.3) is 0 Å². The number of carbonyl (C=O) groups is 1. The highest BCUT2D eigenvalue weighted by molar-refractivity contribution is 7.16. The second kappa shape index (κ2) is 8.57. The fraction of sp³-hybridized carbons (Fsp3) is 0.429. The van der Waals surface area contributed by atoms with E-state index in [1.807, 2.05) is 19.1 Å². The van der Waals surface area contributed by atoms with E-state index in [0.29, 0.717) is 22.7 Å². The highest BCUT2D eigenvalue weighted by Gasteiger charge is 2.27. The van der Waals surface area contributed by atoms with Crippen molar-refractivity contribution in [2.45, 2.75) is 40.0 Å². The molecule has 144 valence electrons. The molecule has 5 nitrogen and oxygen atoms in total. The van der Waals surface area contributed by atoms with E-state index in [4.69, 9.17) is 4.74 Å². The number of esters is 1. The third-order valence-electron chi connectivity index (χ3n) is 4.85. The summed E-state index contributed by atoms with van der Waals surface area (Å²) in [6.45, 7) is 8.09. The Balaban J connectivity index is 1.89. The molecule has 1 aromatic heterocycles. The van der Waals surface area contributed by atoms with Gasteiger partial charge in [0.25, 0.3) is 0 Å². The maximum absolute atomic E-state index is 12.4. The second-order valence-electron chi connectivity index (χ2n) is 6.43. The average molecular weight is 387 g/mol. The Hall–Kier alpha value is -2.34. The van der Waals surface area contributed by atoms with E-state index in [2.05, 4.69) is 23.7 Å². The molecule has 3 rings (SSSR count). The molecule has 2 aromatic rings. The van der Waals surface area contributed by atoms with Crippen LogP contribution >= 0.6 is 11.3 Å². The minimum atomic E-state index is -0.301. The van der Waals surface area contributed by atoms with E-state index in [1.54, 1.807) is 23.6 Å². The molecule has 0 atom stereocenters. The molecule has 0 unspecified atom stereocenters. The quantitative estimate of drug-likeness (QED) is 0.553. The monoisotopic (exact) mass is 386 g/mol. The van der Waals surface area contributed by atoms with Gasteiger partial charge in [0.05, 0.1) is 12.2 Å². The molecule has 1 aliphatic rings. The number of anilines is 1. The van der Waals surface area contributed by atoms with E-state index < -0.39 is 0 Å². The third kappa shape index (κ3) is 4.00. The lowest BCUT2D eigenvalue weighted by Crippen LogP contribution is -2.21. The fourth-order valence-electron chi connectivity index (χ4n) is 3.45. The van der Waals surface area contributed by atoms with Crippen LogP contribution in [-0.2, 0) is 17.6 Å². The molecule has 0 radical (unpaired) electrons. The normalized spacial score (nSPS) is 13.1. The Morgan fingerprint density at radius 2 is 2.07 bits per heavy atom. The lowest BCUT2D eigenvalue weighted by Gasteiger charge is -2.21.